The first-order valence-corrected chi connectivity index (χ1v) is 11.0. The third-order valence-electron chi connectivity index (χ3n) is 6.75. The largest absolute Gasteiger partial charge is 0.361 e. The van der Waals surface area contributed by atoms with Gasteiger partial charge in [-0.2, -0.15) is 0 Å². The number of nitrogens with zero attached hydrogens (tertiary/aromatic N) is 2. The van der Waals surface area contributed by atoms with Crippen LogP contribution in [0.3, 0.4) is 0 Å². The maximum absolute atomic E-state index is 13.2. The van der Waals surface area contributed by atoms with Gasteiger partial charge in [0.05, 0.1) is 13.0 Å². The number of nitrogens with one attached hydrogen (secondary N) is 2. The number of fused-ring (bicyclic) bond motifs is 1. The van der Waals surface area contributed by atoms with Crippen LogP contribution < -0.4 is 5.32 Å². The topological polar surface area (TPSA) is 85.5 Å². The van der Waals surface area contributed by atoms with Crippen LogP contribution in [0.15, 0.2) is 42.6 Å². The monoisotopic (exact) mass is 422 g/mol. The van der Waals surface area contributed by atoms with Crippen molar-refractivity contribution in [3.05, 3.63) is 48.2 Å². The van der Waals surface area contributed by atoms with E-state index >= 15 is 0 Å². The summed E-state index contributed by atoms with van der Waals surface area (Å²) >= 11 is 0. The Morgan fingerprint density at radius 3 is 2.61 bits per heavy atom. The molecule has 0 bridgehead atoms. The van der Waals surface area contributed by atoms with Crippen LogP contribution in [0, 0.1) is 5.92 Å². The smallest absolute Gasteiger partial charge is 0.325 e. The average molecular weight is 423 g/mol. The van der Waals surface area contributed by atoms with E-state index in [-0.39, 0.29) is 30.3 Å². The van der Waals surface area contributed by atoms with E-state index in [4.69, 9.17) is 0 Å². The fourth-order valence-corrected chi connectivity index (χ4v) is 5.04. The minimum Gasteiger partial charge on any atom is -0.361 e. The van der Waals surface area contributed by atoms with Gasteiger partial charge in [0.15, 0.2) is 0 Å². The van der Waals surface area contributed by atoms with E-state index in [1.807, 2.05) is 49.2 Å². The zero-order chi connectivity index (χ0) is 22.2. The number of hydrogen-bond acceptors (Lipinski definition) is 3. The van der Waals surface area contributed by atoms with Gasteiger partial charge >= 0.3 is 6.03 Å². The average Bonchev–Trinajstić information content (AvgIpc) is 3.28. The van der Waals surface area contributed by atoms with Crippen molar-refractivity contribution in [1.82, 2.24) is 20.1 Å². The zero-order valence-electron chi connectivity index (χ0n) is 18.2. The molecule has 0 radical (unpaired) electrons. The van der Waals surface area contributed by atoms with Crippen molar-refractivity contribution in [3.8, 4) is 0 Å². The molecule has 1 atom stereocenters. The standard InChI is InChI=1S/C24H30N4O3/c1-4-24(22(30)28(15-16(2)3)23(31)26-24)18-9-11-27(12-10-18)21(29)13-17-14-25-20-8-6-5-7-19(17)20/h5-8,14,18,25H,2,4,9-13,15H2,1,3H3,(H,26,31). The molecule has 2 saturated heterocycles. The zero-order valence-corrected chi connectivity index (χ0v) is 18.2. The number of carbonyl (C=O) groups excluding carboxylic acids is 3. The number of hydrogen-bond donors (Lipinski definition) is 2. The molecule has 2 fully saturated rings. The maximum atomic E-state index is 13.2. The van der Waals surface area contributed by atoms with Crippen molar-refractivity contribution in [1.29, 1.82) is 0 Å². The third kappa shape index (κ3) is 3.73. The molecule has 164 valence electrons. The number of benzene rings is 1. The Labute approximate surface area is 182 Å². The van der Waals surface area contributed by atoms with Crippen molar-refractivity contribution in [2.24, 2.45) is 5.92 Å². The van der Waals surface area contributed by atoms with Crippen molar-refractivity contribution in [2.75, 3.05) is 19.6 Å². The molecule has 2 N–H and O–H groups in total. The van der Waals surface area contributed by atoms with E-state index in [0.29, 0.717) is 38.8 Å². The molecule has 0 aliphatic carbocycles. The van der Waals surface area contributed by atoms with E-state index in [1.54, 1.807) is 0 Å². The highest BCUT2D eigenvalue weighted by molar-refractivity contribution is 6.07. The number of para-hydroxylation sites is 1. The summed E-state index contributed by atoms with van der Waals surface area (Å²) in [6.07, 6.45) is 4.19. The summed E-state index contributed by atoms with van der Waals surface area (Å²) in [4.78, 5) is 45.0. The van der Waals surface area contributed by atoms with Gasteiger partial charge in [-0.1, -0.05) is 37.3 Å². The van der Waals surface area contributed by atoms with Crippen LogP contribution in [0.25, 0.3) is 10.9 Å². The van der Waals surface area contributed by atoms with Gasteiger partial charge in [-0.25, -0.2) is 4.79 Å². The van der Waals surface area contributed by atoms with Gasteiger partial charge in [-0.15, -0.1) is 0 Å². The van der Waals surface area contributed by atoms with Crippen molar-refractivity contribution in [3.63, 3.8) is 0 Å². The van der Waals surface area contributed by atoms with Gasteiger partial charge in [-0.05, 0) is 43.7 Å². The predicted molar refractivity (Wildman–Crippen MR) is 119 cm³/mol. The Balaban J connectivity index is 1.41. The van der Waals surface area contributed by atoms with Crippen LogP contribution in [0.2, 0.25) is 0 Å². The quantitative estimate of drug-likeness (QED) is 0.554. The highest BCUT2D eigenvalue weighted by Gasteiger charge is 2.54. The number of piperidine rings is 1. The summed E-state index contributed by atoms with van der Waals surface area (Å²) in [7, 11) is 0. The summed E-state index contributed by atoms with van der Waals surface area (Å²) in [6.45, 7) is 9.02. The van der Waals surface area contributed by atoms with Gasteiger partial charge < -0.3 is 15.2 Å². The molecule has 4 rings (SSSR count). The lowest BCUT2D eigenvalue weighted by Gasteiger charge is -2.40. The number of H-pyrrole nitrogens is 1. The number of urea groups is 1. The van der Waals surface area contributed by atoms with E-state index in [0.717, 1.165) is 22.0 Å². The lowest BCUT2D eigenvalue weighted by molar-refractivity contribution is -0.135. The number of carbonyl (C=O) groups is 3. The second-order valence-corrected chi connectivity index (χ2v) is 8.79. The lowest BCUT2D eigenvalue weighted by atomic mass is 9.75. The first-order valence-electron chi connectivity index (χ1n) is 11.0. The summed E-state index contributed by atoms with van der Waals surface area (Å²) in [6, 6.07) is 7.64. The Morgan fingerprint density at radius 2 is 1.94 bits per heavy atom. The van der Waals surface area contributed by atoms with Crippen LogP contribution in [-0.4, -0.2) is 57.8 Å². The minimum atomic E-state index is -0.876. The molecular formula is C24H30N4O3. The SMILES string of the molecule is C=C(C)CN1C(=O)NC(CC)(C2CCN(C(=O)Cc3c[nH]c4ccccc34)CC2)C1=O. The number of amides is 4. The first-order chi connectivity index (χ1) is 14.9. The highest BCUT2D eigenvalue weighted by Crippen LogP contribution is 2.36. The van der Waals surface area contributed by atoms with Gasteiger partial charge in [0, 0.05) is 30.2 Å². The molecule has 1 aromatic heterocycles. The summed E-state index contributed by atoms with van der Waals surface area (Å²) < 4.78 is 0. The molecule has 0 saturated carbocycles. The minimum absolute atomic E-state index is 0.0150. The Kier molecular flexibility index (Phi) is 5.60. The van der Waals surface area contributed by atoms with E-state index in [1.165, 1.54) is 4.90 Å². The van der Waals surface area contributed by atoms with Crippen LogP contribution in [0.4, 0.5) is 4.79 Å². The number of imide groups is 1. The van der Waals surface area contributed by atoms with Crippen LogP contribution in [0.5, 0.6) is 0 Å². The fourth-order valence-electron chi connectivity index (χ4n) is 5.04. The molecule has 2 aromatic rings. The molecule has 1 unspecified atom stereocenters. The number of aromatic nitrogens is 1. The van der Waals surface area contributed by atoms with Crippen LogP contribution >= 0.6 is 0 Å². The molecule has 31 heavy (non-hydrogen) atoms. The molecule has 7 heteroatoms. The Hall–Kier alpha value is -3.09. The Morgan fingerprint density at radius 1 is 1.23 bits per heavy atom. The molecule has 7 nitrogen and oxygen atoms in total. The van der Waals surface area contributed by atoms with Gasteiger partial charge in [-0.3, -0.25) is 14.5 Å². The predicted octanol–water partition coefficient (Wildman–Crippen LogP) is 3.23. The molecule has 0 spiro atoms. The molecule has 2 aliphatic heterocycles. The highest BCUT2D eigenvalue weighted by atomic mass is 16.2. The normalized spacial score (nSPS) is 22.3. The number of rotatable bonds is 6. The van der Waals surface area contributed by atoms with E-state index in [9.17, 15) is 14.4 Å². The third-order valence-corrected chi connectivity index (χ3v) is 6.75. The summed E-state index contributed by atoms with van der Waals surface area (Å²) in [5, 5.41) is 4.06. The summed E-state index contributed by atoms with van der Waals surface area (Å²) in [5.41, 5.74) is 1.93. The van der Waals surface area contributed by atoms with E-state index in [2.05, 4.69) is 16.9 Å². The van der Waals surface area contributed by atoms with Crippen LogP contribution in [0.1, 0.15) is 38.7 Å². The fraction of sp³-hybridized carbons (Fsp3) is 0.458. The molecule has 3 heterocycles. The van der Waals surface area contributed by atoms with Crippen LogP contribution in [-0.2, 0) is 16.0 Å². The second kappa shape index (κ2) is 8.21. The van der Waals surface area contributed by atoms with E-state index < -0.39 is 5.54 Å². The number of aromatic amines is 1. The first kappa shape index (κ1) is 21.2. The lowest BCUT2D eigenvalue weighted by Crippen LogP contribution is -2.56. The van der Waals surface area contributed by atoms with Gasteiger partial charge in [0.25, 0.3) is 5.91 Å². The van der Waals surface area contributed by atoms with Crippen molar-refractivity contribution < 1.29 is 14.4 Å². The second-order valence-electron chi connectivity index (χ2n) is 8.79. The molecule has 4 amide bonds. The molecular weight excluding hydrogens is 392 g/mol. The number of likely N-dealkylation sites (tertiary alicyclic amines) is 1. The summed E-state index contributed by atoms with van der Waals surface area (Å²) in [5.74, 6) is -0.0489. The molecule has 2 aliphatic rings. The van der Waals surface area contributed by atoms with Crippen molar-refractivity contribution in [2.45, 2.75) is 45.1 Å². The van der Waals surface area contributed by atoms with Gasteiger partial charge in [0.1, 0.15) is 5.54 Å². The van der Waals surface area contributed by atoms with Gasteiger partial charge in [0.2, 0.25) is 5.91 Å². The Bertz CT molecular complexity index is 1030. The molecule has 1 aromatic carbocycles. The maximum Gasteiger partial charge on any atom is 0.325 e. The van der Waals surface area contributed by atoms with Crippen molar-refractivity contribution >= 4 is 28.7 Å².